The van der Waals surface area contributed by atoms with Crippen molar-refractivity contribution in [2.45, 2.75) is 12.2 Å². The van der Waals surface area contributed by atoms with Crippen LogP contribution in [0.2, 0.25) is 0 Å². The number of sulfonamides is 1. The zero-order chi connectivity index (χ0) is 13.1. The maximum atomic E-state index is 11.7. The van der Waals surface area contributed by atoms with Crippen LogP contribution < -0.4 is 4.72 Å². The number of ether oxygens (including phenoxy) is 1. The van der Waals surface area contributed by atoms with Gasteiger partial charge in [0.05, 0.1) is 7.11 Å². The van der Waals surface area contributed by atoms with Crippen LogP contribution in [-0.4, -0.2) is 31.7 Å². The van der Waals surface area contributed by atoms with Crippen molar-refractivity contribution in [1.29, 1.82) is 0 Å². The molecule has 0 saturated heterocycles. The zero-order valence-electron chi connectivity index (χ0n) is 9.18. The second-order valence-electron chi connectivity index (χ2n) is 3.16. The Hall–Kier alpha value is -1.15. The molecule has 17 heavy (non-hydrogen) atoms. The molecule has 6 nitrogen and oxygen atoms in total. The van der Waals surface area contributed by atoms with Gasteiger partial charge in [0.25, 0.3) is 0 Å². The van der Waals surface area contributed by atoms with Gasteiger partial charge in [-0.15, -0.1) is 0 Å². The Balaban J connectivity index is 2.90. The Bertz CT molecular complexity index is 517. The molecule has 0 amide bonds. The third-order valence-electron chi connectivity index (χ3n) is 1.96. The van der Waals surface area contributed by atoms with Crippen LogP contribution in [0.1, 0.15) is 6.92 Å². The van der Waals surface area contributed by atoms with Gasteiger partial charge < -0.3 is 4.74 Å². The molecule has 1 heterocycles. The number of anilines is 1. The van der Waals surface area contributed by atoms with Gasteiger partial charge in [0.15, 0.2) is 5.25 Å². The molecule has 0 aliphatic heterocycles. The number of hydrogen-bond acceptors (Lipinski definition) is 5. The standard InChI is InChI=1S/C9H11BrN2O4S/c1-6(9(13)16-2)17(14,15)12-8-5-3-4-7(10)11-8/h3-6H,1-2H3,(H,11,12). The van der Waals surface area contributed by atoms with E-state index in [0.717, 1.165) is 7.11 Å². The number of esters is 1. The number of halogens is 1. The number of nitrogens with one attached hydrogen (secondary N) is 1. The highest BCUT2D eigenvalue weighted by Crippen LogP contribution is 2.13. The molecule has 1 aromatic heterocycles. The first-order valence-electron chi connectivity index (χ1n) is 4.59. The first kappa shape index (κ1) is 13.9. The molecular formula is C9H11BrN2O4S. The molecule has 0 aromatic carbocycles. The van der Waals surface area contributed by atoms with Crippen molar-refractivity contribution in [3.63, 3.8) is 0 Å². The normalized spacial score (nSPS) is 12.9. The minimum Gasteiger partial charge on any atom is -0.468 e. The Morgan fingerprint density at radius 2 is 2.18 bits per heavy atom. The molecule has 0 aliphatic rings. The molecule has 1 rings (SSSR count). The molecule has 1 unspecified atom stereocenters. The third-order valence-corrected chi connectivity index (χ3v) is 4.02. The van der Waals surface area contributed by atoms with Crippen LogP contribution in [0.15, 0.2) is 22.8 Å². The Morgan fingerprint density at radius 1 is 1.53 bits per heavy atom. The summed E-state index contributed by atoms with van der Waals surface area (Å²) < 4.78 is 30.6. The fourth-order valence-corrected chi connectivity index (χ4v) is 2.27. The van der Waals surface area contributed by atoms with Gasteiger partial charge in [0, 0.05) is 0 Å². The third kappa shape index (κ3) is 3.67. The average molecular weight is 323 g/mol. The first-order valence-corrected chi connectivity index (χ1v) is 6.93. The molecule has 0 aliphatic carbocycles. The lowest BCUT2D eigenvalue weighted by molar-refractivity contribution is -0.139. The van der Waals surface area contributed by atoms with Crippen LogP contribution in [0.3, 0.4) is 0 Å². The van der Waals surface area contributed by atoms with E-state index in [1.807, 2.05) is 0 Å². The van der Waals surface area contributed by atoms with Crippen LogP contribution in [0, 0.1) is 0 Å². The van der Waals surface area contributed by atoms with Crippen LogP contribution in [0.4, 0.5) is 5.82 Å². The van der Waals surface area contributed by atoms with Crippen LogP contribution in [0.25, 0.3) is 0 Å². The highest BCUT2D eigenvalue weighted by molar-refractivity contribution is 9.10. The predicted molar refractivity (Wildman–Crippen MR) is 66.0 cm³/mol. The average Bonchev–Trinajstić information content (AvgIpc) is 2.26. The van der Waals surface area contributed by atoms with E-state index in [0.29, 0.717) is 4.60 Å². The summed E-state index contributed by atoms with van der Waals surface area (Å²) in [5, 5.41) is -1.30. The number of rotatable bonds is 4. The van der Waals surface area contributed by atoms with Crippen molar-refractivity contribution in [3.05, 3.63) is 22.8 Å². The summed E-state index contributed by atoms with van der Waals surface area (Å²) in [5.74, 6) is -0.692. The quantitative estimate of drug-likeness (QED) is 0.663. The fraction of sp³-hybridized carbons (Fsp3) is 0.333. The number of carbonyl (C=O) groups excluding carboxylic acids is 1. The van der Waals surface area contributed by atoms with Crippen molar-refractivity contribution in [1.82, 2.24) is 4.98 Å². The summed E-state index contributed by atoms with van der Waals surface area (Å²) in [7, 11) is -2.72. The van der Waals surface area contributed by atoms with Crippen LogP contribution in [-0.2, 0) is 19.6 Å². The Morgan fingerprint density at radius 3 is 2.71 bits per heavy atom. The summed E-state index contributed by atoms with van der Waals surface area (Å²) >= 11 is 3.11. The van der Waals surface area contributed by atoms with Crippen molar-refractivity contribution in [2.75, 3.05) is 11.8 Å². The van der Waals surface area contributed by atoms with Crippen molar-refractivity contribution < 1.29 is 17.9 Å². The number of hydrogen-bond donors (Lipinski definition) is 1. The van der Waals surface area contributed by atoms with E-state index >= 15 is 0 Å². The number of carbonyl (C=O) groups is 1. The highest BCUT2D eigenvalue weighted by atomic mass is 79.9. The van der Waals surface area contributed by atoms with Gasteiger partial charge in [0.2, 0.25) is 10.0 Å². The molecule has 0 saturated carbocycles. The van der Waals surface area contributed by atoms with E-state index < -0.39 is 21.2 Å². The summed E-state index contributed by atoms with van der Waals surface area (Å²) in [6, 6.07) is 4.76. The van der Waals surface area contributed by atoms with Gasteiger partial charge in [-0.25, -0.2) is 13.4 Å². The smallest absolute Gasteiger partial charge is 0.325 e. The highest BCUT2D eigenvalue weighted by Gasteiger charge is 2.29. The lowest BCUT2D eigenvalue weighted by Crippen LogP contribution is -2.33. The molecule has 1 atom stereocenters. The summed E-state index contributed by atoms with van der Waals surface area (Å²) in [6.45, 7) is 1.24. The lowest BCUT2D eigenvalue weighted by atomic mass is 10.5. The number of pyridine rings is 1. The minimum atomic E-state index is -3.85. The van der Waals surface area contributed by atoms with Crippen molar-refractivity contribution >= 4 is 37.7 Å². The Kier molecular flexibility index (Phi) is 4.47. The lowest BCUT2D eigenvalue weighted by Gasteiger charge is -2.12. The SMILES string of the molecule is COC(=O)C(C)S(=O)(=O)Nc1cccc(Br)n1. The van der Waals surface area contributed by atoms with E-state index in [9.17, 15) is 13.2 Å². The first-order chi connectivity index (χ1) is 7.86. The van der Waals surface area contributed by atoms with Crippen LogP contribution >= 0.6 is 15.9 Å². The van der Waals surface area contributed by atoms with Crippen molar-refractivity contribution in [3.8, 4) is 0 Å². The molecule has 0 bridgehead atoms. The van der Waals surface area contributed by atoms with Gasteiger partial charge in [-0.2, -0.15) is 0 Å². The molecular weight excluding hydrogens is 312 g/mol. The summed E-state index contributed by atoms with van der Waals surface area (Å²) in [4.78, 5) is 15.0. The van der Waals surface area contributed by atoms with E-state index in [2.05, 4.69) is 30.4 Å². The maximum Gasteiger partial charge on any atom is 0.325 e. The van der Waals surface area contributed by atoms with Crippen LogP contribution in [0.5, 0.6) is 0 Å². The second kappa shape index (κ2) is 5.46. The summed E-state index contributed by atoms with van der Waals surface area (Å²) in [6.07, 6.45) is 0. The monoisotopic (exact) mass is 322 g/mol. The molecule has 0 fully saturated rings. The largest absolute Gasteiger partial charge is 0.468 e. The summed E-state index contributed by atoms with van der Waals surface area (Å²) in [5.41, 5.74) is 0. The van der Waals surface area contributed by atoms with Gasteiger partial charge in [-0.3, -0.25) is 9.52 Å². The minimum absolute atomic E-state index is 0.134. The molecule has 1 aromatic rings. The number of aromatic nitrogens is 1. The van der Waals surface area contributed by atoms with Gasteiger partial charge >= 0.3 is 5.97 Å². The Labute approximate surface area is 108 Å². The predicted octanol–water partition coefficient (Wildman–Crippen LogP) is 1.15. The number of methoxy groups -OCH3 is 1. The molecule has 1 N–H and O–H groups in total. The van der Waals surface area contributed by atoms with E-state index in [4.69, 9.17) is 0 Å². The van der Waals surface area contributed by atoms with Gasteiger partial charge in [-0.05, 0) is 35.0 Å². The zero-order valence-corrected chi connectivity index (χ0v) is 11.6. The second-order valence-corrected chi connectivity index (χ2v) is 5.97. The van der Waals surface area contributed by atoms with E-state index in [1.165, 1.54) is 13.0 Å². The van der Waals surface area contributed by atoms with E-state index in [1.54, 1.807) is 12.1 Å². The molecule has 0 radical (unpaired) electrons. The van der Waals surface area contributed by atoms with E-state index in [-0.39, 0.29) is 5.82 Å². The molecule has 94 valence electrons. The molecule has 0 spiro atoms. The van der Waals surface area contributed by atoms with Gasteiger partial charge in [-0.1, -0.05) is 6.07 Å². The van der Waals surface area contributed by atoms with Gasteiger partial charge in [0.1, 0.15) is 10.4 Å². The number of nitrogens with zero attached hydrogens (tertiary/aromatic N) is 1. The van der Waals surface area contributed by atoms with Crippen molar-refractivity contribution in [2.24, 2.45) is 0 Å². The topological polar surface area (TPSA) is 85.4 Å². The molecule has 8 heteroatoms. The maximum absolute atomic E-state index is 11.7. The fourth-order valence-electron chi connectivity index (χ4n) is 0.992.